The molecule has 0 aliphatic carbocycles. The van der Waals surface area contributed by atoms with E-state index in [0.29, 0.717) is 29.9 Å². The highest BCUT2D eigenvalue weighted by Gasteiger charge is 2.20. The van der Waals surface area contributed by atoms with E-state index in [1.54, 1.807) is 12.1 Å². The SMILES string of the molecule is CCn1c(CCC(=O)N[C@H](C#N)c2ccc(F)cc2)nc2cc(S(=O)(=O)N(C)C)ccc21. The first-order valence-corrected chi connectivity index (χ1v) is 11.5. The molecule has 3 rings (SSSR count). The van der Waals surface area contributed by atoms with Gasteiger partial charge in [0.1, 0.15) is 17.7 Å². The minimum Gasteiger partial charge on any atom is -0.337 e. The van der Waals surface area contributed by atoms with Crippen molar-refractivity contribution in [2.24, 2.45) is 0 Å². The van der Waals surface area contributed by atoms with Crippen LogP contribution in [0.2, 0.25) is 0 Å². The lowest BCUT2D eigenvalue weighted by atomic mass is 10.1. The number of hydrogen-bond acceptors (Lipinski definition) is 5. The zero-order chi connectivity index (χ0) is 23.5. The summed E-state index contributed by atoms with van der Waals surface area (Å²) in [7, 11) is -0.650. The highest BCUT2D eigenvalue weighted by molar-refractivity contribution is 7.89. The summed E-state index contributed by atoms with van der Waals surface area (Å²) in [6, 6.07) is 11.3. The highest BCUT2D eigenvalue weighted by atomic mass is 32.2. The second kappa shape index (κ2) is 9.46. The third-order valence-corrected chi connectivity index (χ3v) is 6.92. The second-order valence-corrected chi connectivity index (χ2v) is 9.54. The van der Waals surface area contributed by atoms with Crippen molar-refractivity contribution in [2.75, 3.05) is 14.1 Å². The van der Waals surface area contributed by atoms with Crippen LogP contribution in [0.4, 0.5) is 4.39 Å². The summed E-state index contributed by atoms with van der Waals surface area (Å²) in [5.41, 5.74) is 1.81. The summed E-state index contributed by atoms with van der Waals surface area (Å²) in [4.78, 5) is 17.1. The van der Waals surface area contributed by atoms with Crippen LogP contribution in [0.3, 0.4) is 0 Å². The van der Waals surface area contributed by atoms with Crippen LogP contribution >= 0.6 is 0 Å². The number of fused-ring (bicyclic) bond motifs is 1. The van der Waals surface area contributed by atoms with E-state index >= 15 is 0 Å². The lowest BCUT2D eigenvalue weighted by molar-refractivity contribution is -0.121. The Hall–Kier alpha value is -3.29. The van der Waals surface area contributed by atoms with Crippen LogP contribution < -0.4 is 5.32 Å². The Kier molecular flexibility index (Phi) is 6.91. The van der Waals surface area contributed by atoms with Gasteiger partial charge in [0.25, 0.3) is 0 Å². The van der Waals surface area contributed by atoms with Gasteiger partial charge in [-0.3, -0.25) is 4.79 Å². The number of carbonyl (C=O) groups is 1. The fourth-order valence-electron chi connectivity index (χ4n) is 3.38. The number of halogens is 1. The van der Waals surface area contributed by atoms with Gasteiger partial charge >= 0.3 is 0 Å². The predicted octanol–water partition coefficient (Wildman–Crippen LogP) is 2.76. The summed E-state index contributed by atoms with van der Waals surface area (Å²) < 4.78 is 41.0. The molecule has 1 aromatic heterocycles. The fraction of sp³-hybridized carbons (Fsp3) is 0.318. The molecule has 0 aliphatic heterocycles. The average molecular weight is 458 g/mol. The van der Waals surface area contributed by atoms with Gasteiger partial charge in [-0.25, -0.2) is 22.1 Å². The molecular weight excluding hydrogens is 433 g/mol. The molecule has 0 fully saturated rings. The summed E-state index contributed by atoms with van der Waals surface area (Å²) >= 11 is 0. The van der Waals surface area contributed by atoms with Gasteiger partial charge in [0.15, 0.2) is 0 Å². The molecule has 2 aromatic carbocycles. The monoisotopic (exact) mass is 457 g/mol. The molecule has 0 spiro atoms. The minimum atomic E-state index is -3.58. The molecule has 3 aromatic rings. The van der Waals surface area contributed by atoms with Crippen LogP contribution in [0.1, 0.15) is 30.8 Å². The number of hydrogen-bond donors (Lipinski definition) is 1. The molecule has 1 atom stereocenters. The van der Waals surface area contributed by atoms with Crippen molar-refractivity contribution in [1.29, 1.82) is 5.26 Å². The molecule has 1 heterocycles. The van der Waals surface area contributed by atoms with Gasteiger partial charge in [0.05, 0.1) is 22.0 Å². The molecule has 32 heavy (non-hydrogen) atoms. The van der Waals surface area contributed by atoms with E-state index in [9.17, 15) is 22.9 Å². The van der Waals surface area contributed by atoms with Gasteiger partial charge in [-0.15, -0.1) is 0 Å². The third kappa shape index (κ3) is 4.79. The standard InChI is InChI=1S/C22H24FN5O3S/c1-4-28-20-10-9-17(32(30,31)27(2)3)13-18(20)25-21(28)11-12-22(29)26-19(14-24)15-5-7-16(23)8-6-15/h5-10,13,19H,4,11-12H2,1-3H3,(H,26,29)/t19-/m1/s1. The highest BCUT2D eigenvalue weighted by Crippen LogP contribution is 2.23. The molecular formula is C22H24FN5O3S. The second-order valence-electron chi connectivity index (χ2n) is 7.39. The first-order chi connectivity index (χ1) is 15.2. The van der Waals surface area contributed by atoms with E-state index in [1.165, 1.54) is 44.4 Å². The molecule has 8 nitrogen and oxygen atoms in total. The number of amides is 1. The topological polar surface area (TPSA) is 108 Å². The quantitative estimate of drug-likeness (QED) is 0.560. The van der Waals surface area contributed by atoms with Crippen molar-refractivity contribution in [2.45, 2.75) is 37.2 Å². The number of aryl methyl sites for hydroxylation is 2. The molecule has 0 aliphatic rings. The number of nitriles is 1. The van der Waals surface area contributed by atoms with Crippen molar-refractivity contribution in [1.82, 2.24) is 19.2 Å². The zero-order valence-electron chi connectivity index (χ0n) is 18.0. The van der Waals surface area contributed by atoms with Crippen molar-refractivity contribution in [3.63, 3.8) is 0 Å². The smallest absolute Gasteiger partial charge is 0.242 e. The average Bonchev–Trinajstić information content (AvgIpc) is 3.13. The number of imidazole rings is 1. The molecule has 0 saturated heterocycles. The Labute approximate surface area is 186 Å². The molecule has 0 saturated carbocycles. The van der Waals surface area contributed by atoms with Crippen molar-refractivity contribution >= 4 is 27.0 Å². The van der Waals surface area contributed by atoms with Crippen LogP contribution in [-0.2, 0) is 27.8 Å². The third-order valence-electron chi connectivity index (χ3n) is 5.11. The van der Waals surface area contributed by atoms with E-state index in [4.69, 9.17) is 0 Å². The van der Waals surface area contributed by atoms with Gasteiger partial charge in [-0.1, -0.05) is 12.1 Å². The summed E-state index contributed by atoms with van der Waals surface area (Å²) in [6.07, 6.45) is 0.400. The van der Waals surface area contributed by atoms with E-state index in [-0.39, 0.29) is 17.2 Å². The maximum atomic E-state index is 13.1. The molecule has 0 bridgehead atoms. The minimum absolute atomic E-state index is 0.0888. The number of rotatable bonds is 8. The lowest BCUT2D eigenvalue weighted by Crippen LogP contribution is -2.28. The van der Waals surface area contributed by atoms with Crippen molar-refractivity contribution in [3.8, 4) is 6.07 Å². The van der Waals surface area contributed by atoms with Crippen LogP contribution in [0.15, 0.2) is 47.4 Å². The number of nitrogens with one attached hydrogen (secondary N) is 1. The normalized spacial score (nSPS) is 12.6. The van der Waals surface area contributed by atoms with Crippen LogP contribution in [0.25, 0.3) is 11.0 Å². The first kappa shape index (κ1) is 23.4. The number of aromatic nitrogens is 2. The van der Waals surface area contributed by atoms with Gasteiger partial charge in [0.2, 0.25) is 15.9 Å². The Morgan fingerprint density at radius 2 is 1.94 bits per heavy atom. The Morgan fingerprint density at radius 3 is 2.53 bits per heavy atom. The molecule has 10 heteroatoms. The maximum Gasteiger partial charge on any atom is 0.242 e. The summed E-state index contributed by atoms with van der Waals surface area (Å²) in [6.45, 7) is 2.54. The fourth-order valence-corrected chi connectivity index (χ4v) is 4.30. The Morgan fingerprint density at radius 1 is 1.25 bits per heavy atom. The summed E-state index contributed by atoms with van der Waals surface area (Å²) in [5, 5.41) is 12.0. The predicted molar refractivity (Wildman–Crippen MR) is 117 cm³/mol. The number of benzene rings is 2. The molecule has 1 amide bonds. The van der Waals surface area contributed by atoms with Gasteiger partial charge < -0.3 is 9.88 Å². The van der Waals surface area contributed by atoms with Crippen LogP contribution in [0, 0.1) is 17.1 Å². The van der Waals surface area contributed by atoms with E-state index in [2.05, 4.69) is 10.3 Å². The zero-order valence-corrected chi connectivity index (χ0v) is 18.9. The largest absolute Gasteiger partial charge is 0.337 e. The summed E-state index contributed by atoms with van der Waals surface area (Å²) in [5.74, 6) is -0.115. The number of carbonyl (C=O) groups excluding carboxylic acids is 1. The maximum absolute atomic E-state index is 13.1. The Bertz CT molecular complexity index is 1280. The van der Waals surface area contributed by atoms with Gasteiger partial charge in [-0.05, 0) is 42.8 Å². The van der Waals surface area contributed by atoms with Gasteiger partial charge in [-0.2, -0.15) is 5.26 Å². The van der Waals surface area contributed by atoms with E-state index in [1.807, 2.05) is 17.6 Å². The number of sulfonamides is 1. The van der Waals surface area contributed by atoms with Crippen LogP contribution in [-0.4, -0.2) is 42.3 Å². The Balaban J connectivity index is 1.77. The van der Waals surface area contributed by atoms with E-state index < -0.39 is 21.9 Å². The van der Waals surface area contributed by atoms with Crippen molar-refractivity contribution < 1.29 is 17.6 Å². The van der Waals surface area contributed by atoms with Crippen LogP contribution in [0.5, 0.6) is 0 Å². The molecule has 1 N–H and O–H groups in total. The van der Waals surface area contributed by atoms with Crippen molar-refractivity contribution in [3.05, 3.63) is 59.7 Å². The molecule has 168 valence electrons. The molecule has 0 unspecified atom stereocenters. The molecule has 0 radical (unpaired) electrons. The lowest BCUT2D eigenvalue weighted by Gasteiger charge is -2.12. The first-order valence-electron chi connectivity index (χ1n) is 10.0. The van der Waals surface area contributed by atoms with E-state index in [0.717, 1.165) is 9.82 Å². The van der Waals surface area contributed by atoms with Gasteiger partial charge in [0, 0.05) is 33.5 Å². The number of nitrogens with zero attached hydrogens (tertiary/aromatic N) is 4.